The number of rotatable bonds is 12. The van der Waals surface area contributed by atoms with Crippen LogP contribution in [0, 0.1) is 0 Å². The fourth-order valence-corrected chi connectivity index (χ4v) is 4.15. The van der Waals surface area contributed by atoms with Crippen molar-refractivity contribution in [2.45, 2.75) is 105 Å². The quantitative estimate of drug-likeness (QED) is 0.0617. The molecule has 0 aromatic heterocycles. The molecule has 1 saturated carbocycles. The molecule has 1 amide bonds. The Morgan fingerprint density at radius 1 is 1.08 bits per heavy atom. The molecule has 2 aliphatic rings. The van der Waals surface area contributed by atoms with Gasteiger partial charge in [0.15, 0.2) is 0 Å². The van der Waals surface area contributed by atoms with Gasteiger partial charge in [-0.3, -0.25) is 4.79 Å². The minimum atomic E-state index is -1.83. The molecular weight excluding hydrogens is 502 g/mol. The summed E-state index contributed by atoms with van der Waals surface area (Å²) in [6.07, 6.45) is -14.7. The average Bonchev–Trinajstić information content (AvgIpc) is 2.84. The van der Waals surface area contributed by atoms with Crippen LogP contribution in [0.1, 0.15) is 19.8 Å². The molecule has 2 rings (SSSR count). The third-order valence-electron chi connectivity index (χ3n) is 6.31. The lowest BCUT2D eigenvalue weighted by molar-refractivity contribution is -0.468. The predicted octanol–water partition coefficient (Wildman–Crippen LogP) is -7.23. The maximum Gasteiger partial charge on any atom is 0.250 e. The summed E-state index contributed by atoms with van der Waals surface area (Å²) < 4.78 is 11.1. The fourth-order valence-electron chi connectivity index (χ4n) is 4.15. The van der Waals surface area contributed by atoms with Crippen LogP contribution in [-0.2, 0) is 24.0 Å². The molecular formula is C20H41N5O12. The van der Waals surface area contributed by atoms with E-state index in [-0.39, 0.29) is 12.8 Å². The highest BCUT2D eigenvalue weighted by molar-refractivity contribution is 5.81. The summed E-state index contributed by atoms with van der Waals surface area (Å²) in [5.74, 6) is -0.960. The Balaban J connectivity index is 2.12. The Morgan fingerprint density at radius 3 is 2.30 bits per heavy atom. The smallest absolute Gasteiger partial charge is 0.250 e. The summed E-state index contributed by atoms with van der Waals surface area (Å²) in [6, 6.07) is -4.05. The normalized spacial score (nSPS) is 40.0. The topological polar surface area (TPSA) is 312 Å². The Bertz CT molecular complexity index is 709. The molecule has 0 spiro atoms. The molecule has 17 heteroatoms. The number of carbonyl (C=O) groups is 1. The third-order valence-corrected chi connectivity index (χ3v) is 6.31. The van der Waals surface area contributed by atoms with Crippen LogP contribution in [0.4, 0.5) is 0 Å². The van der Waals surface area contributed by atoms with E-state index >= 15 is 0 Å². The number of hydrogen-bond acceptors (Lipinski definition) is 16. The van der Waals surface area contributed by atoms with E-state index < -0.39 is 105 Å². The van der Waals surface area contributed by atoms with E-state index in [1.165, 1.54) is 6.92 Å². The Hall–Kier alpha value is -1.13. The lowest BCUT2D eigenvalue weighted by Gasteiger charge is -2.43. The Labute approximate surface area is 213 Å². The molecule has 1 heterocycles. The number of amides is 1. The summed E-state index contributed by atoms with van der Waals surface area (Å²) in [6.45, 7) is 0.307. The van der Waals surface area contributed by atoms with E-state index in [0.29, 0.717) is 0 Å². The zero-order chi connectivity index (χ0) is 28.0. The molecule has 14 atom stereocenters. The number of aliphatic hydroxyl groups is 7. The van der Waals surface area contributed by atoms with Crippen LogP contribution < -0.4 is 28.3 Å². The molecule has 2 fully saturated rings. The van der Waals surface area contributed by atoms with Gasteiger partial charge < -0.3 is 73.5 Å². The van der Waals surface area contributed by atoms with Gasteiger partial charge in [0.2, 0.25) is 12.6 Å². The Morgan fingerprint density at radius 2 is 1.73 bits per heavy atom. The zero-order valence-corrected chi connectivity index (χ0v) is 20.4. The number of nitrogens with one attached hydrogen (secondary N) is 1. The van der Waals surface area contributed by atoms with E-state index in [0.717, 1.165) is 0 Å². The molecule has 17 nitrogen and oxygen atoms in total. The highest BCUT2D eigenvalue weighted by Gasteiger charge is 2.48. The predicted molar refractivity (Wildman–Crippen MR) is 122 cm³/mol. The average molecular weight is 544 g/mol. The molecule has 0 aromatic carbocycles. The van der Waals surface area contributed by atoms with Crippen LogP contribution in [-0.4, -0.2) is 140 Å². The van der Waals surface area contributed by atoms with Crippen molar-refractivity contribution in [3.8, 4) is 0 Å². The monoisotopic (exact) mass is 543 g/mol. The second-order valence-corrected chi connectivity index (χ2v) is 9.45. The first-order valence-corrected chi connectivity index (χ1v) is 11.9. The first-order chi connectivity index (χ1) is 17.3. The molecule has 1 saturated heterocycles. The molecule has 1 aliphatic carbocycles. The minimum Gasteiger partial charge on any atom is -0.394 e. The van der Waals surface area contributed by atoms with Crippen molar-refractivity contribution in [2.24, 2.45) is 22.9 Å². The van der Waals surface area contributed by atoms with Gasteiger partial charge in [0, 0.05) is 18.6 Å². The molecule has 0 bridgehead atoms. The highest BCUT2D eigenvalue weighted by atomic mass is 17.2. The van der Waals surface area contributed by atoms with Crippen molar-refractivity contribution >= 4 is 5.91 Å². The van der Waals surface area contributed by atoms with Gasteiger partial charge in [-0.05, 0) is 19.8 Å². The van der Waals surface area contributed by atoms with Gasteiger partial charge in [-0.25, -0.2) is 0 Å². The lowest BCUT2D eigenvalue weighted by Crippen LogP contribution is -2.66. The van der Waals surface area contributed by atoms with Gasteiger partial charge in [0.25, 0.3) is 5.91 Å². The summed E-state index contributed by atoms with van der Waals surface area (Å²) >= 11 is 0. The van der Waals surface area contributed by atoms with E-state index in [4.69, 9.17) is 42.2 Å². The van der Waals surface area contributed by atoms with E-state index in [1.54, 1.807) is 0 Å². The van der Waals surface area contributed by atoms with Crippen LogP contribution in [0.2, 0.25) is 0 Å². The van der Waals surface area contributed by atoms with Crippen molar-refractivity contribution in [3.63, 3.8) is 0 Å². The second-order valence-electron chi connectivity index (χ2n) is 9.45. The number of hydrogen-bond donors (Lipinski definition) is 12. The van der Waals surface area contributed by atoms with Crippen LogP contribution in [0.25, 0.3) is 0 Å². The summed E-state index contributed by atoms with van der Waals surface area (Å²) in [4.78, 5) is 22.3. The highest BCUT2D eigenvalue weighted by Crippen LogP contribution is 2.26. The summed E-state index contributed by atoms with van der Waals surface area (Å²) in [7, 11) is 0. The van der Waals surface area contributed by atoms with Crippen molar-refractivity contribution in [2.75, 3.05) is 13.2 Å². The van der Waals surface area contributed by atoms with E-state index in [9.17, 15) is 40.5 Å². The van der Waals surface area contributed by atoms with Crippen LogP contribution >= 0.6 is 0 Å². The Kier molecular flexibility index (Phi) is 12.4. The molecule has 0 aromatic rings. The number of carbonyl (C=O) groups excluding carboxylic acids is 1. The van der Waals surface area contributed by atoms with Crippen molar-refractivity contribution < 1.29 is 59.8 Å². The van der Waals surface area contributed by atoms with Gasteiger partial charge in [-0.1, -0.05) is 0 Å². The van der Waals surface area contributed by atoms with Crippen molar-refractivity contribution in [3.05, 3.63) is 0 Å². The molecule has 7 unspecified atom stereocenters. The maximum absolute atomic E-state index is 12.0. The standard InChI is InChI=1S/C20H41N5O12/c1-6(27)2-9(24)19(35-17-8(23)3-7(22)13(29)15(17)31)36-37-20-16(32)14(30)12(11(5-26)34-20)25-18(33)10(28)4-21/h6-17,19-20,26-32H,2-5,21-24H2,1H3,(H,25,33)/t6-,7-,8?,9?,10+,11?,12-,13?,14?,15?,16?,17-,19+,20-/m1/s1. The van der Waals surface area contributed by atoms with Crippen molar-refractivity contribution in [1.29, 1.82) is 0 Å². The molecule has 16 N–H and O–H groups in total. The van der Waals surface area contributed by atoms with Gasteiger partial charge in [-0.2, -0.15) is 9.78 Å². The van der Waals surface area contributed by atoms with Gasteiger partial charge in [-0.15, -0.1) is 0 Å². The largest absolute Gasteiger partial charge is 0.394 e. The minimum absolute atomic E-state index is 0.0678. The van der Waals surface area contributed by atoms with Gasteiger partial charge in [0.1, 0.15) is 36.6 Å². The van der Waals surface area contributed by atoms with Gasteiger partial charge in [0.05, 0.1) is 30.9 Å². The number of aliphatic hydroxyl groups excluding tert-OH is 7. The maximum atomic E-state index is 12.0. The number of ether oxygens (including phenoxy) is 2. The third kappa shape index (κ3) is 8.18. The SMILES string of the molecule is C[C@@H](O)CC(N)[C@H](OO[C@H]1OC(CO)[C@@H](NC(=O)[C@@H](O)CN)C(O)C1O)O[C@@H]1C(N)C[C@@H](N)C(O)C1O. The van der Waals surface area contributed by atoms with Crippen LogP contribution in [0.15, 0.2) is 0 Å². The van der Waals surface area contributed by atoms with Gasteiger partial charge >= 0.3 is 0 Å². The molecule has 0 radical (unpaired) electrons. The van der Waals surface area contributed by atoms with Crippen LogP contribution in [0.3, 0.4) is 0 Å². The lowest BCUT2D eigenvalue weighted by atomic mass is 9.84. The molecule has 1 aliphatic heterocycles. The zero-order valence-electron chi connectivity index (χ0n) is 20.4. The van der Waals surface area contributed by atoms with Crippen molar-refractivity contribution in [1.82, 2.24) is 5.32 Å². The van der Waals surface area contributed by atoms with E-state index in [2.05, 4.69) is 5.32 Å². The first-order valence-electron chi connectivity index (χ1n) is 11.9. The second kappa shape index (κ2) is 14.3. The first kappa shape index (κ1) is 32.1. The summed E-state index contributed by atoms with van der Waals surface area (Å²) in [5, 5.41) is 72.7. The summed E-state index contributed by atoms with van der Waals surface area (Å²) in [5.41, 5.74) is 23.1. The molecule has 218 valence electrons. The van der Waals surface area contributed by atoms with Crippen LogP contribution in [0.5, 0.6) is 0 Å². The molecule has 37 heavy (non-hydrogen) atoms. The fraction of sp³-hybridized carbons (Fsp3) is 0.950. The number of nitrogens with two attached hydrogens (primary N) is 4. The van der Waals surface area contributed by atoms with E-state index in [1.807, 2.05) is 0 Å².